The van der Waals surface area contributed by atoms with E-state index in [-0.39, 0.29) is 5.91 Å². The monoisotopic (exact) mass is 232 g/mol. The maximum atomic E-state index is 11.9. The third-order valence-corrected chi connectivity index (χ3v) is 3.07. The Hall–Kier alpha value is -1.35. The van der Waals surface area contributed by atoms with Gasteiger partial charge < -0.3 is 10.2 Å². The Morgan fingerprint density at radius 3 is 2.65 bits per heavy atom. The van der Waals surface area contributed by atoms with Gasteiger partial charge in [-0.2, -0.15) is 0 Å². The molecule has 1 N–H and O–H groups in total. The van der Waals surface area contributed by atoms with Gasteiger partial charge in [-0.15, -0.1) is 0 Å². The fraction of sp³-hybridized carbons (Fsp3) is 0.500. The van der Waals surface area contributed by atoms with Gasteiger partial charge in [-0.1, -0.05) is 29.3 Å². The van der Waals surface area contributed by atoms with Gasteiger partial charge in [-0.25, -0.2) is 0 Å². The van der Waals surface area contributed by atoms with Crippen LogP contribution in [-0.2, 0) is 11.3 Å². The minimum Gasteiger partial charge on any atom is -0.337 e. The lowest BCUT2D eigenvalue weighted by Crippen LogP contribution is -2.34. The smallest absolute Gasteiger partial charge is 0.236 e. The highest BCUT2D eigenvalue weighted by Crippen LogP contribution is 2.12. The van der Waals surface area contributed by atoms with Crippen LogP contribution in [0.4, 0.5) is 0 Å². The predicted molar refractivity (Wildman–Crippen MR) is 68.8 cm³/mol. The van der Waals surface area contributed by atoms with Crippen molar-refractivity contribution in [3.63, 3.8) is 0 Å². The molecule has 1 amide bonds. The van der Waals surface area contributed by atoms with Gasteiger partial charge in [0.15, 0.2) is 0 Å². The van der Waals surface area contributed by atoms with Crippen LogP contribution in [0.3, 0.4) is 0 Å². The molecular weight excluding hydrogens is 212 g/mol. The molecule has 92 valence electrons. The zero-order valence-corrected chi connectivity index (χ0v) is 10.6. The number of amides is 1. The van der Waals surface area contributed by atoms with Crippen LogP contribution in [0.15, 0.2) is 18.2 Å². The van der Waals surface area contributed by atoms with Gasteiger partial charge in [0, 0.05) is 13.1 Å². The molecule has 0 unspecified atom stereocenters. The van der Waals surface area contributed by atoms with Crippen molar-refractivity contribution in [3.8, 4) is 0 Å². The van der Waals surface area contributed by atoms with Crippen LogP contribution in [-0.4, -0.2) is 30.4 Å². The van der Waals surface area contributed by atoms with E-state index in [0.717, 1.165) is 26.1 Å². The molecular formula is C14H20N2O. The minimum absolute atomic E-state index is 0.210. The molecule has 1 fully saturated rings. The maximum absolute atomic E-state index is 11.9. The van der Waals surface area contributed by atoms with E-state index >= 15 is 0 Å². The van der Waals surface area contributed by atoms with Crippen LogP contribution in [0.25, 0.3) is 0 Å². The lowest BCUT2D eigenvalue weighted by atomic mass is 10.1. The highest BCUT2D eigenvalue weighted by atomic mass is 16.2. The van der Waals surface area contributed by atoms with Crippen LogP contribution in [0.2, 0.25) is 0 Å². The molecule has 1 heterocycles. The summed E-state index contributed by atoms with van der Waals surface area (Å²) in [6, 6.07) is 6.49. The number of nitrogens with one attached hydrogen (secondary N) is 1. The summed E-state index contributed by atoms with van der Waals surface area (Å²) in [5, 5.41) is 3.14. The molecule has 1 saturated heterocycles. The molecule has 0 atom stereocenters. The first-order valence-corrected chi connectivity index (χ1v) is 6.21. The van der Waals surface area contributed by atoms with Crippen molar-refractivity contribution >= 4 is 5.91 Å². The molecule has 0 aliphatic carbocycles. The summed E-state index contributed by atoms with van der Waals surface area (Å²) < 4.78 is 0. The number of rotatable bonds is 2. The Bertz CT molecular complexity index is 394. The van der Waals surface area contributed by atoms with E-state index in [9.17, 15) is 4.79 Å². The average molecular weight is 232 g/mol. The third kappa shape index (κ3) is 3.30. The van der Waals surface area contributed by atoms with E-state index in [1.54, 1.807) is 0 Å². The van der Waals surface area contributed by atoms with Crippen LogP contribution in [0.1, 0.15) is 23.1 Å². The number of benzene rings is 1. The maximum Gasteiger partial charge on any atom is 0.236 e. The zero-order valence-electron chi connectivity index (χ0n) is 10.6. The number of hydrogen-bond donors (Lipinski definition) is 1. The fourth-order valence-corrected chi connectivity index (χ4v) is 2.37. The van der Waals surface area contributed by atoms with Crippen molar-refractivity contribution in [2.75, 3.05) is 19.6 Å². The number of carbonyl (C=O) groups excluding carboxylic acids is 1. The molecule has 1 aliphatic heterocycles. The third-order valence-electron chi connectivity index (χ3n) is 3.07. The quantitative estimate of drug-likeness (QED) is 0.840. The van der Waals surface area contributed by atoms with Gasteiger partial charge in [-0.3, -0.25) is 4.79 Å². The molecule has 1 aromatic carbocycles. The van der Waals surface area contributed by atoms with Gasteiger partial charge in [0.1, 0.15) is 0 Å². The molecule has 3 heteroatoms. The number of aryl methyl sites for hydroxylation is 2. The second kappa shape index (κ2) is 5.32. The first-order valence-electron chi connectivity index (χ1n) is 6.21. The normalized spacial score (nSPS) is 17.1. The van der Waals surface area contributed by atoms with Gasteiger partial charge in [-0.05, 0) is 32.4 Å². The van der Waals surface area contributed by atoms with E-state index in [2.05, 4.69) is 37.4 Å². The molecule has 1 aliphatic rings. The summed E-state index contributed by atoms with van der Waals surface area (Å²) in [5.74, 6) is 0.210. The molecule has 2 rings (SSSR count). The lowest BCUT2D eigenvalue weighted by Gasteiger charge is -2.20. The molecule has 0 saturated carbocycles. The van der Waals surface area contributed by atoms with E-state index in [1.807, 2.05) is 4.90 Å². The summed E-state index contributed by atoms with van der Waals surface area (Å²) in [6.07, 6.45) is 1.04. The molecule has 3 nitrogen and oxygen atoms in total. The molecule has 0 radical (unpaired) electrons. The van der Waals surface area contributed by atoms with Crippen LogP contribution in [0.5, 0.6) is 0 Å². The first-order chi connectivity index (χ1) is 8.15. The summed E-state index contributed by atoms with van der Waals surface area (Å²) in [5.41, 5.74) is 3.76. The number of hydrogen-bond acceptors (Lipinski definition) is 2. The van der Waals surface area contributed by atoms with Crippen molar-refractivity contribution in [1.82, 2.24) is 10.2 Å². The summed E-state index contributed by atoms with van der Waals surface area (Å²) in [4.78, 5) is 13.8. The van der Waals surface area contributed by atoms with E-state index in [1.165, 1.54) is 16.7 Å². The summed E-state index contributed by atoms with van der Waals surface area (Å²) >= 11 is 0. The molecule has 0 spiro atoms. The Balaban J connectivity index is 2.10. The van der Waals surface area contributed by atoms with E-state index < -0.39 is 0 Å². The predicted octanol–water partition coefficient (Wildman–Crippen LogP) is 1.63. The Labute approximate surface area is 103 Å². The fourth-order valence-electron chi connectivity index (χ4n) is 2.37. The standard InChI is InChI=1S/C14H20N2O/c1-11-6-12(2)8-13(7-11)10-16-5-3-4-15-9-14(16)17/h6-8,15H,3-5,9-10H2,1-2H3. The Morgan fingerprint density at radius 2 is 1.94 bits per heavy atom. The van der Waals surface area contributed by atoms with Crippen molar-refractivity contribution in [1.29, 1.82) is 0 Å². The molecule has 1 aromatic rings. The van der Waals surface area contributed by atoms with Crippen molar-refractivity contribution in [3.05, 3.63) is 34.9 Å². The highest BCUT2D eigenvalue weighted by molar-refractivity contribution is 5.78. The van der Waals surface area contributed by atoms with Crippen molar-refractivity contribution in [2.45, 2.75) is 26.8 Å². The van der Waals surface area contributed by atoms with Crippen LogP contribution in [0, 0.1) is 13.8 Å². The van der Waals surface area contributed by atoms with Gasteiger partial charge in [0.2, 0.25) is 5.91 Å². The summed E-state index contributed by atoms with van der Waals surface area (Å²) in [7, 11) is 0. The molecule has 0 bridgehead atoms. The SMILES string of the molecule is Cc1cc(C)cc(CN2CCCNCC2=O)c1. The van der Waals surface area contributed by atoms with E-state index in [4.69, 9.17) is 0 Å². The Morgan fingerprint density at radius 1 is 1.24 bits per heavy atom. The number of nitrogens with zero attached hydrogens (tertiary/aromatic N) is 1. The molecule has 0 aromatic heterocycles. The molecule has 17 heavy (non-hydrogen) atoms. The number of carbonyl (C=O) groups is 1. The van der Waals surface area contributed by atoms with Crippen molar-refractivity contribution in [2.24, 2.45) is 0 Å². The topological polar surface area (TPSA) is 32.3 Å². The van der Waals surface area contributed by atoms with Gasteiger partial charge in [0.05, 0.1) is 6.54 Å². The second-order valence-corrected chi connectivity index (χ2v) is 4.84. The average Bonchev–Trinajstić information content (AvgIpc) is 2.43. The lowest BCUT2D eigenvalue weighted by molar-refractivity contribution is -0.130. The highest BCUT2D eigenvalue weighted by Gasteiger charge is 2.16. The van der Waals surface area contributed by atoms with Crippen LogP contribution < -0.4 is 5.32 Å². The minimum atomic E-state index is 0.210. The Kier molecular flexibility index (Phi) is 3.79. The van der Waals surface area contributed by atoms with Crippen molar-refractivity contribution < 1.29 is 4.79 Å². The van der Waals surface area contributed by atoms with Gasteiger partial charge >= 0.3 is 0 Å². The summed E-state index contributed by atoms with van der Waals surface area (Å²) in [6.45, 7) is 7.21. The zero-order chi connectivity index (χ0) is 12.3. The first kappa shape index (κ1) is 12.1. The largest absolute Gasteiger partial charge is 0.337 e. The van der Waals surface area contributed by atoms with E-state index in [0.29, 0.717) is 6.54 Å². The van der Waals surface area contributed by atoms with Crippen LogP contribution >= 0.6 is 0 Å². The van der Waals surface area contributed by atoms with Gasteiger partial charge in [0.25, 0.3) is 0 Å². The second-order valence-electron chi connectivity index (χ2n) is 4.84.